The van der Waals surface area contributed by atoms with Crippen LogP contribution in [0.15, 0.2) is 12.2 Å². The third-order valence-corrected chi connectivity index (χ3v) is 4.27. The van der Waals surface area contributed by atoms with Crippen LogP contribution in [0.2, 0.25) is 0 Å². The second kappa shape index (κ2) is 14.2. The number of aliphatic carboxylic acids is 1. The highest BCUT2D eigenvalue weighted by atomic mass is 16.4. The van der Waals surface area contributed by atoms with E-state index in [0.29, 0.717) is 17.9 Å². The van der Waals surface area contributed by atoms with Crippen molar-refractivity contribution in [2.45, 2.75) is 97.3 Å². The minimum atomic E-state index is -0.823. The molecule has 0 heterocycles. The van der Waals surface area contributed by atoms with Crippen LogP contribution >= 0.6 is 0 Å². The Morgan fingerprint density at radius 1 is 0.857 bits per heavy atom. The van der Waals surface area contributed by atoms with Crippen molar-refractivity contribution in [3.63, 3.8) is 0 Å². The second-order valence-corrected chi connectivity index (χ2v) is 6.38. The number of carbonyl (C=O) groups is 1. The first-order valence-electron chi connectivity index (χ1n) is 9.02. The van der Waals surface area contributed by atoms with E-state index in [2.05, 4.69) is 20.4 Å². The van der Waals surface area contributed by atoms with E-state index in [4.69, 9.17) is 5.11 Å². The van der Waals surface area contributed by atoms with Gasteiger partial charge in [-0.2, -0.15) is 0 Å². The molecule has 2 nitrogen and oxygen atoms in total. The van der Waals surface area contributed by atoms with Crippen LogP contribution in [0.5, 0.6) is 0 Å². The van der Waals surface area contributed by atoms with Crippen molar-refractivity contribution < 1.29 is 9.90 Å². The summed E-state index contributed by atoms with van der Waals surface area (Å²) >= 11 is 0. The standard InChI is InChI=1S/C19H36O2/c1-4-6-8-10-11-13-15-18(14-12-9-7-5-2)16-17(3)19(20)21/h18H,3-16H2,1-2H3,(H,20,21). The summed E-state index contributed by atoms with van der Waals surface area (Å²) in [6.07, 6.45) is 15.9. The maximum absolute atomic E-state index is 11.0. The van der Waals surface area contributed by atoms with Crippen molar-refractivity contribution in [3.8, 4) is 0 Å². The Labute approximate surface area is 132 Å². The van der Waals surface area contributed by atoms with E-state index in [9.17, 15) is 4.79 Å². The van der Waals surface area contributed by atoms with Crippen molar-refractivity contribution in [2.24, 2.45) is 5.92 Å². The van der Waals surface area contributed by atoms with Gasteiger partial charge in [0.15, 0.2) is 0 Å². The summed E-state index contributed by atoms with van der Waals surface area (Å²) in [5.74, 6) is -0.298. The molecule has 21 heavy (non-hydrogen) atoms. The zero-order valence-electron chi connectivity index (χ0n) is 14.3. The van der Waals surface area contributed by atoms with Crippen LogP contribution in [0.1, 0.15) is 97.3 Å². The van der Waals surface area contributed by atoms with Crippen LogP contribution in [0.25, 0.3) is 0 Å². The van der Waals surface area contributed by atoms with E-state index in [0.717, 1.165) is 0 Å². The van der Waals surface area contributed by atoms with Crippen LogP contribution in [-0.4, -0.2) is 11.1 Å². The summed E-state index contributed by atoms with van der Waals surface area (Å²) in [4.78, 5) is 11.0. The van der Waals surface area contributed by atoms with Gasteiger partial charge in [0.1, 0.15) is 0 Å². The monoisotopic (exact) mass is 296 g/mol. The third-order valence-electron chi connectivity index (χ3n) is 4.27. The smallest absolute Gasteiger partial charge is 0.330 e. The molecule has 0 fully saturated rings. The minimum absolute atomic E-state index is 0.390. The Hall–Kier alpha value is -0.790. The predicted molar refractivity (Wildman–Crippen MR) is 91.6 cm³/mol. The molecule has 0 aromatic carbocycles. The third kappa shape index (κ3) is 12.6. The molecule has 0 saturated carbocycles. The average molecular weight is 296 g/mol. The fourth-order valence-corrected chi connectivity index (χ4v) is 2.86. The molecule has 124 valence electrons. The van der Waals surface area contributed by atoms with Gasteiger partial charge in [-0.25, -0.2) is 4.79 Å². The van der Waals surface area contributed by atoms with Crippen LogP contribution < -0.4 is 0 Å². The SMILES string of the molecule is C=C(CC(CCCCCC)CCCCCCCC)C(=O)O. The van der Waals surface area contributed by atoms with Crippen LogP contribution in [0.4, 0.5) is 0 Å². The Morgan fingerprint density at radius 2 is 1.29 bits per heavy atom. The van der Waals surface area contributed by atoms with Gasteiger partial charge in [-0.15, -0.1) is 0 Å². The van der Waals surface area contributed by atoms with Gasteiger partial charge in [-0.3, -0.25) is 0 Å². The van der Waals surface area contributed by atoms with Crippen molar-refractivity contribution in [1.82, 2.24) is 0 Å². The molecule has 1 atom stereocenters. The molecule has 0 saturated heterocycles. The molecule has 0 spiro atoms. The lowest BCUT2D eigenvalue weighted by atomic mass is 9.89. The lowest BCUT2D eigenvalue weighted by molar-refractivity contribution is -0.132. The highest BCUT2D eigenvalue weighted by Gasteiger charge is 2.14. The van der Waals surface area contributed by atoms with Crippen LogP contribution in [-0.2, 0) is 4.79 Å². The van der Waals surface area contributed by atoms with Gasteiger partial charge in [0, 0.05) is 5.57 Å². The van der Waals surface area contributed by atoms with Gasteiger partial charge in [0.05, 0.1) is 0 Å². The molecule has 0 rings (SSSR count). The van der Waals surface area contributed by atoms with Gasteiger partial charge in [-0.1, -0.05) is 97.5 Å². The first-order valence-corrected chi connectivity index (χ1v) is 9.02. The normalized spacial score (nSPS) is 12.3. The Balaban J connectivity index is 3.94. The summed E-state index contributed by atoms with van der Waals surface area (Å²) in [6.45, 7) is 8.17. The molecule has 0 aliphatic heterocycles. The van der Waals surface area contributed by atoms with Crippen LogP contribution in [0, 0.1) is 5.92 Å². The average Bonchev–Trinajstić information content (AvgIpc) is 2.46. The maximum Gasteiger partial charge on any atom is 0.330 e. The number of hydrogen-bond donors (Lipinski definition) is 1. The molecule has 0 amide bonds. The molecule has 1 N–H and O–H groups in total. The largest absolute Gasteiger partial charge is 0.478 e. The molecule has 0 aliphatic rings. The van der Waals surface area contributed by atoms with Crippen LogP contribution in [0.3, 0.4) is 0 Å². The lowest BCUT2D eigenvalue weighted by Crippen LogP contribution is -2.08. The lowest BCUT2D eigenvalue weighted by Gasteiger charge is -2.17. The van der Waals surface area contributed by atoms with E-state index < -0.39 is 5.97 Å². The number of carboxylic acid groups (broad SMARTS) is 1. The molecule has 0 aromatic heterocycles. The summed E-state index contributed by atoms with van der Waals surface area (Å²) in [5.41, 5.74) is 0.390. The van der Waals surface area contributed by atoms with E-state index in [-0.39, 0.29) is 0 Å². The molecule has 1 unspecified atom stereocenters. The van der Waals surface area contributed by atoms with E-state index in [1.54, 1.807) is 0 Å². The van der Waals surface area contributed by atoms with Crippen molar-refractivity contribution in [3.05, 3.63) is 12.2 Å². The quantitative estimate of drug-likeness (QED) is 0.282. The Bertz CT molecular complexity index is 271. The van der Waals surface area contributed by atoms with Gasteiger partial charge in [0.2, 0.25) is 0 Å². The molecule has 0 aromatic rings. The van der Waals surface area contributed by atoms with Gasteiger partial charge < -0.3 is 5.11 Å². The fraction of sp³-hybridized carbons (Fsp3) is 0.842. The minimum Gasteiger partial charge on any atom is -0.478 e. The Morgan fingerprint density at radius 3 is 1.76 bits per heavy atom. The highest BCUT2D eigenvalue weighted by molar-refractivity contribution is 5.85. The van der Waals surface area contributed by atoms with Crippen molar-refractivity contribution >= 4 is 5.97 Å². The molecular weight excluding hydrogens is 260 g/mol. The van der Waals surface area contributed by atoms with Gasteiger partial charge in [-0.05, 0) is 12.3 Å². The molecular formula is C19H36O2. The second-order valence-electron chi connectivity index (χ2n) is 6.38. The van der Waals surface area contributed by atoms with Crippen molar-refractivity contribution in [1.29, 1.82) is 0 Å². The van der Waals surface area contributed by atoms with E-state index in [1.165, 1.54) is 77.0 Å². The number of unbranched alkanes of at least 4 members (excludes halogenated alkanes) is 8. The number of carboxylic acids is 1. The first-order chi connectivity index (χ1) is 10.1. The van der Waals surface area contributed by atoms with Gasteiger partial charge in [0.25, 0.3) is 0 Å². The zero-order valence-corrected chi connectivity index (χ0v) is 14.3. The molecule has 0 bridgehead atoms. The summed E-state index contributed by atoms with van der Waals surface area (Å²) < 4.78 is 0. The summed E-state index contributed by atoms with van der Waals surface area (Å²) in [5, 5.41) is 9.01. The number of hydrogen-bond acceptors (Lipinski definition) is 1. The predicted octanol–water partition coefficient (Wildman–Crippen LogP) is 6.35. The van der Waals surface area contributed by atoms with Gasteiger partial charge >= 0.3 is 5.97 Å². The summed E-state index contributed by atoms with van der Waals surface area (Å²) in [7, 11) is 0. The zero-order chi connectivity index (χ0) is 15.9. The fourth-order valence-electron chi connectivity index (χ4n) is 2.86. The van der Waals surface area contributed by atoms with Crippen molar-refractivity contribution in [2.75, 3.05) is 0 Å². The topological polar surface area (TPSA) is 37.3 Å². The maximum atomic E-state index is 11.0. The molecule has 0 aliphatic carbocycles. The number of rotatable bonds is 15. The van der Waals surface area contributed by atoms with E-state index in [1.807, 2.05) is 0 Å². The molecule has 0 radical (unpaired) electrons. The Kier molecular flexibility index (Phi) is 13.6. The first kappa shape index (κ1) is 20.2. The summed E-state index contributed by atoms with van der Waals surface area (Å²) in [6, 6.07) is 0. The highest BCUT2D eigenvalue weighted by Crippen LogP contribution is 2.24. The molecule has 2 heteroatoms. The van der Waals surface area contributed by atoms with E-state index >= 15 is 0 Å².